The van der Waals surface area contributed by atoms with E-state index in [0.717, 1.165) is 30.8 Å². The number of carbonyl (C=O) groups is 1. The van der Waals surface area contributed by atoms with Crippen LogP contribution < -0.4 is 4.74 Å². The molecule has 0 saturated heterocycles. The number of carboxylic acids is 1. The molecule has 3 rings (SSSR count). The van der Waals surface area contributed by atoms with Gasteiger partial charge in [-0.3, -0.25) is 9.69 Å². The van der Waals surface area contributed by atoms with Crippen molar-refractivity contribution in [2.24, 2.45) is 0 Å². The molecule has 0 saturated carbocycles. The van der Waals surface area contributed by atoms with Crippen LogP contribution in [0.15, 0.2) is 84.9 Å². The van der Waals surface area contributed by atoms with Crippen LogP contribution >= 0.6 is 0 Å². The molecule has 0 spiro atoms. The zero-order valence-corrected chi connectivity index (χ0v) is 19.0. The fourth-order valence-electron chi connectivity index (χ4n) is 4.08. The van der Waals surface area contributed by atoms with Crippen molar-refractivity contribution in [2.75, 3.05) is 19.7 Å². The third-order valence-electron chi connectivity index (χ3n) is 5.91. The maximum atomic E-state index is 10.9. The first-order valence-electron chi connectivity index (χ1n) is 11.3. The van der Waals surface area contributed by atoms with E-state index in [9.17, 15) is 4.79 Å². The lowest BCUT2D eigenvalue weighted by atomic mass is 9.90. The molecular formula is C28H33NO3. The Morgan fingerprint density at radius 3 is 2.12 bits per heavy atom. The third kappa shape index (κ3) is 6.96. The van der Waals surface area contributed by atoms with Gasteiger partial charge in [0, 0.05) is 18.5 Å². The van der Waals surface area contributed by atoms with E-state index < -0.39 is 5.97 Å². The van der Waals surface area contributed by atoms with Gasteiger partial charge in [-0.25, -0.2) is 0 Å². The average Bonchev–Trinajstić information content (AvgIpc) is 2.81. The Labute approximate surface area is 191 Å². The summed E-state index contributed by atoms with van der Waals surface area (Å²) in [7, 11) is 0. The minimum absolute atomic E-state index is 0.0115. The van der Waals surface area contributed by atoms with E-state index >= 15 is 0 Å². The molecule has 0 aliphatic heterocycles. The molecule has 0 aliphatic carbocycles. The smallest absolute Gasteiger partial charge is 0.307 e. The second-order valence-electron chi connectivity index (χ2n) is 8.17. The molecular weight excluding hydrogens is 398 g/mol. The summed E-state index contributed by atoms with van der Waals surface area (Å²) in [4.78, 5) is 13.4. The van der Waals surface area contributed by atoms with Gasteiger partial charge < -0.3 is 9.84 Å². The fourth-order valence-corrected chi connectivity index (χ4v) is 4.08. The van der Waals surface area contributed by atoms with Gasteiger partial charge in [-0.05, 0) is 48.7 Å². The number of benzene rings is 3. The Bertz CT molecular complexity index is 919. The topological polar surface area (TPSA) is 49.8 Å². The van der Waals surface area contributed by atoms with Crippen LogP contribution in [0.1, 0.15) is 42.9 Å². The van der Waals surface area contributed by atoms with Crippen molar-refractivity contribution in [2.45, 2.75) is 38.6 Å². The molecule has 0 radical (unpaired) electrons. The Kier molecular flexibility index (Phi) is 8.88. The average molecular weight is 432 g/mol. The van der Waals surface area contributed by atoms with E-state index in [4.69, 9.17) is 9.84 Å². The number of rotatable bonds is 12. The molecule has 1 unspecified atom stereocenters. The molecule has 0 amide bonds. The van der Waals surface area contributed by atoms with Crippen LogP contribution in [0.4, 0.5) is 0 Å². The molecule has 0 fully saturated rings. The minimum Gasteiger partial charge on any atom is -0.494 e. The van der Waals surface area contributed by atoms with Crippen molar-refractivity contribution in [1.82, 2.24) is 4.90 Å². The highest BCUT2D eigenvalue weighted by atomic mass is 16.5. The largest absolute Gasteiger partial charge is 0.494 e. The molecule has 0 aliphatic rings. The van der Waals surface area contributed by atoms with E-state index in [0.29, 0.717) is 18.6 Å². The van der Waals surface area contributed by atoms with Gasteiger partial charge in [0.1, 0.15) is 5.75 Å². The maximum Gasteiger partial charge on any atom is 0.307 e. The highest BCUT2D eigenvalue weighted by Gasteiger charge is 2.20. The molecule has 1 N–H and O–H groups in total. The van der Waals surface area contributed by atoms with Crippen molar-refractivity contribution in [3.8, 4) is 5.75 Å². The van der Waals surface area contributed by atoms with Crippen LogP contribution in [-0.4, -0.2) is 41.7 Å². The lowest BCUT2D eigenvalue weighted by Gasteiger charge is -2.32. The molecule has 0 heterocycles. The van der Waals surface area contributed by atoms with Crippen LogP contribution in [0.2, 0.25) is 0 Å². The van der Waals surface area contributed by atoms with Gasteiger partial charge in [0.25, 0.3) is 0 Å². The van der Waals surface area contributed by atoms with Gasteiger partial charge in [0.15, 0.2) is 0 Å². The summed E-state index contributed by atoms with van der Waals surface area (Å²) in [6.45, 7) is 6.96. The first kappa shape index (κ1) is 23.6. The van der Waals surface area contributed by atoms with E-state index in [1.54, 1.807) is 0 Å². The van der Waals surface area contributed by atoms with Gasteiger partial charge >= 0.3 is 5.97 Å². The van der Waals surface area contributed by atoms with Gasteiger partial charge in [-0.2, -0.15) is 0 Å². The summed E-state index contributed by atoms with van der Waals surface area (Å²) >= 11 is 0. The third-order valence-corrected chi connectivity index (χ3v) is 5.91. The van der Waals surface area contributed by atoms with E-state index in [1.165, 1.54) is 11.1 Å². The summed E-state index contributed by atoms with van der Waals surface area (Å²) in [6.07, 6.45) is 0.908. The summed E-state index contributed by atoms with van der Waals surface area (Å²) < 4.78 is 5.95. The lowest BCUT2D eigenvalue weighted by molar-refractivity contribution is -0.136. The molecule has 3 aromatic rings. The fraction of sp³-hybridized carbons (Fsp3) is 0.321. The molecule has 3 aromatic carbocycles. The summed E-state index contributed by atoms with van der Waals surface area (Å²) in [5.74, 6) is 0.208. The van der Waals surface area contributed by atoms with Crippen molar-refractivity contribution < 1.29 is 14.6 Å². The molecule has 4 nitrogen and oxygen atoms in total. The number of ether oxygens (including phenoxy) is 1. The molecule has 0 bridgehead atoms. The Hall–Kier alpha value is -3.11. The number of hydrogen-bond acceptors (Lipinski definition) is 3. The lowest BCUT2D eigenvalue weighted by Crippen LogP contribution is -2.37. The second kappa shape index (κ2) is 12.1. The zero-order valence-electron chi connectivity index (χ0n) is 19.0. The van der Waals surface area contributed by atoms with Crippen LogP contribution in [0, 0.1) is 0 Å². The van der Waals surface area contributed by atoms with Gasteiger partial charge in [0.2, 0.25) is 0 Å². The predicted octanol–water partition coefficient (Wildman–Crippen LogP) is 5.63. The maximum absolute atomic E-state index is 10.9. The molecule has 4 heteroatoms. The monoisotopic (exact) mass is 431 g/mol. The zero-order chi connectivity index (χ0) is 22.8. The number of hydrogen-bond donors (Lipinski definition) is 1. The number of likely N-dealkylation sites (N-methyl/N-ethyl adjacent to an activating group) is 1. The highest BCUT2D eigenvalue weighted by molar-refractivity contribution is 5.70. The highest BCUT2D eigenvalue weighted by Crippen LogP contribution is 2.26. The van der Waals surface area contributed by atoms with Crippen LogP contribution in [-0.2, 0) is 11.2 Å². The summed E-state index contributed by atoms with van der Waals surface area (Å²) in [5, 5.41) is 8.99. The van der Waals surface area contributed by atoms with Crippen molar-refractivity contribution >= 4 is 5.97 Å². The number of nitrogens with zero attached hydrogens (tertiary/aromatic N) is 1. The van der Waals surface area contributed by atoms with E-state index in [2.05, 4.69) is 79.4 Å². The van der Waals surface area contributed by atoms with Crippen molar-refractivity contribution in [3.05, 3.63) is 102 Å². The van der Waals surface area contributed by atoms with Crippen LogP contribution in [0.25, 0.3) is 0 Å². The van der Waals surface area contributed by atoms with Crippen LogP contribution in [0.3, 0.4) is 0 Å². The molecule has 168 valence electrons. The first-order chi connectivity index (χ1) is 15.6. The van der Waals surface area contributed by atoms with E-state index in [1.807, 2.05) is 24.3 Å². The quantitative estimate of drug-likeness (QED) is 0.404. The standard InChI is InChI=1S/C28H33NO3/c1-3-29(21-27(24-12-6-4-7-13-24)25-14-8-5-9-15-25)22(2)17-18-32-26-16-10-11-23(19-26)20-28(30)31/h4-16,19,22,27H,3,17-18,20-21H2,1-2H3,(H,30,31). The second-order valence-corrected chi connectivity index (χ2v) is 8.17. The van der Waals surface area contributed by atoms with Gasteiger partial charge in [0.05, 0.1) is 13.0 Å². The molecule has 1 atom stereocenters. The Balaban J connectivity index is 1.62. The van der Waals surface area contributed by atoms with E-state index in [-0.39, 0.29) is 6.42 Å². The molecule has 32 heavy (non-hydrogen) atoms. The minimum atomic E-state index is -0.833. The summed E-state index contributed by atoms with van der Waals surface area (Å²) in [5.41, 5.74) is 3.42. The predicted molar refractivity (Wildman–Crippen MR) is 129 cm³/mol. The Morgan fingerprint density at radius 2 is 1.56 bits per heavy atom. The molecule has 0 aromatic heterocycles. The van der Waals surface area contributed by atoms with Gasteiger partial charge in [-0.1, -0.05) is 79.7 Å². The number of carboxylic acid groups (broad SMARTS) is 1. The van der Waals surface area contributed by atoms with Crippen molar-refractivity contribution in [3.63, 3.8) is 0 Å². The SMILES string of the molecule is CCN(CC(c1ccccc1)c1ccccc1)C(C)CCOc1cccc(CC(=O)O)c1. The number of aliphatic carboxylic acids is 1. The Morgan fingerprint density at radius 1 is 0.938 bits per heavy atom. The van der Waals surface area contributed by atoms with Gasteiger partial charge in [-0.15, -0.1) is 0 Å². The summed E-state index contributed by atoms with van der Waals surface area (Å²) in [6, 6.07) is 29.1. The first-order valence-corrected chi connectivity index (χ1v) is 11.3. The normalized spacial score (nSPS) is 12.1. The van der Waals surface area contributed by atoms with Crippen LogP contribution in [0.5, 0.6) is 5.75 Å². The van der Waals surface area contributed by atoms with Crippen molar-refractivity contribution in [1.29, 1.82) is 0 Å².